The summed E-state index contributed by atoms with van der Waals surface area (Å²) in [5.74, 6) is -3.06. The zero-order valence-electron chi connectivity index (χ0n) is 8.96. The molecule has 0 aliphatic carbocycles. The number of nitrogens with one attached hydrogen (secondary N) is 1. The number of aliphatic carboxylic acids is 2. The molecule has 0 aliphatic heterocycles. The van der Waals surface area contributed by atoms with Gasteiger partial charge in [0.2, 0.25) is 10.0 Å². The Morgan fingerprint density at radius 2 is 1.95 bits per heavy atom. The molecule has 0 fully saturated rings. The predicted molar refractivity (Wildman–Crippen MR) is 68.3 cm³/mol. The molecule has 1 aromatic rings. The van der Waals surface area contributed by atoms with Crippen molar-refractivity contribution in [3.63, 3.8) is 0 Å². The highest BCUT2D eigenvalue weighted by molar-refractivity contribution is 7.89. The van der Waals surface area contributed by atoms with E-state index in [9.17, 15) is 18.0 Å². The molecule has 106 valence electrons. The molecule has 3 N–H and O–H groups in total. The molecule has 19 heavy (non-hydrogen) atoms. The van der Waals surface area contributed by atoms with Crippen molar-refractivity contribution >= 4 is 56.5 Å². The van der Waals surface area contributed by atoms with Crippen molar-refractivity contribution in [3.8, 4) is 0 Å². The minimum atomic E-state index is -4.26. The first-order valence-electron chi connectivity index (χ1n) is 4.55. The van der Waals surface area contributed by atoms with Crippen LogP contribution < -0.4 is 4.72 Å². The van der Waals surface area contributed by atoms with Crippen LogP contribution in [0.15, 0.2) is 11.0 Å². The fourth-order valence-corrected chi connectivity index (χ4v) is 4.45. The van der Waals surface area contributed by atoms with Crippen LogP contribution in [-0.4, -0.2) is 36.6 Å². The Kier molecular flexibility index (Phi) is 5.16. The van der Waals surface area contributed by atoms with Crippen molar-refractivity contribution in [1.29, 1.82) is 0 Å². The van der Waals surface area contributed by atoms with E-state index in [4.69, 9.17) is 33.4 Å². The Morgan fingerprint density at radius 3 is 2.32 bits per heavy atom. The fraction of sp³-hybridized carbons (Fsp3) is 0.250. The van der Waals surface area contributed by atoms with Gasteiger partial charge in [-0.25, -0.2) is 8.42 Å². The average Bonchev–Trinajstić information content (AvgIpc) is 2.56. The number of carbonyl (C=O) groups is 2. The van der Waals surface area contributed by atoms with Crippen molar-refractivity contribution in [2.24, 2.45) is 0 Å². The zero-order chi connectivity index (χ0) is 14.8. The topological polar surface area (TPSA) is 121 Å². The minimum Gasteiger partial charge on any atom is -0.481 e. The SMILES string of the molecule is O=C(O)CC(NS(=O)(=O)c1cc(Cl)sc1Cl)C(=O)O. The van der Waals surface area contributed by atoms with E-state index in [1.165, 1.54) is 0 Å². The van der Waals surface area contributed by atoms with E-state index < -0.39 is 34.4 Å². The summed E-state index contributed by atoms with van der Waals surface area (Å²) >= 11 is 12.0. The quantitative estimate of drug-likeness (QED) is 0.712. The molecule has 1 atom stereocenters. The molecule has 1 heterocycles. The van der Waals surface area contributed by atoms with Crippen molar-refractivity contribution in [2.45, 2.75) is 17.4 Å². The summed E-state index contributed by atoms with van der Waals surface area (Å²) in [6.07, 6.45) is -0.899. The first kappa shape index (κ1) is 16.2. The third-order valence-electron chi connectivity index (χ3n) is 1.89. The van der Waals surface area contributed by atoms with E-state index in [-0.39, 0.29) is 13.6 Å². The summed E-state index contributed by atoms with van der Waals surface area (Å²) in [7, 11) is -4.26. The Balaban J connectivity index is 3.04. The minimum absolute atomic E-state index is 0.107. The van der Waals surface area contributed by atoms with Crippen LogP contribution in [0.3, 0.4) is 0 Å². The van der Waals surface area contributed by atoms with Gasteiger partial charge in [-0.3, -0.25) is 9.59 Å². The Hall–Kier alpha value is -0.870. The standard InChI is InChI=1S/C8H7Cl2NO6S2/c9-5-2-4(7(10)18-5)19(16,17)11-3(8(14)15)1-6(12)13/h2-3,11H,1H2,(H,12,13)(H,14,15). The van der Waals surface area contributed by atoms with Crippen LogP contribution in [-0.2, 0) is 19.6 Å². The maximum absolute atomic E-state index is 11.9. The van der Waals surface area contributed by atoms with E-state index in [1.807, 2.05) is 0 Å². The highest BCUT2D eigenvalue weighted by atomic mass is 35.5. The van der Waals surface area contributed by atoms with Gasteiger partial charge in [0.15, 0.2) is 0 Å². The van der Waals surface area contributed by atoms with Crippen LogP contribution in [0, 0.1) is 0 Å². The van der Waals surface area contributed by atoms with E-state index >= 15 is 0 Å². The molecule has 0 amide bonds. The maximum atomic E-state index is 11.9. The first-order chi connectivity index (χ1) is 8.63. The third-order valence-corrected chi connectivity index (χ3v) is 5.11. The van der Waals surface area contributed by atoms with E-state index in [1.54, 1.807) is 4.72 Å². The number of carboxylic acids is 2. The van der Waals surface area contributed by atoms with Gasteiger partial charge < -0.3 is 10.2 Å². The second kappa shape index (κ2) is 6.06. The molecule has 1 unspecified atom stereocenters. The monoisotopic (exact) mass is 347 g/mol. The second-order valence-electron chi connectivity index (χ2n) is 3.30. The molecule has 7 nitrogen and oxygen atoms in total. The highest BCUT2D eigenvalue weighted by Gasteiger charge is 2.29. The molecule has 1 rings (SSSR count). The van der Waals surface area contributed by atoms with Gasteiger partial charge in [0.1, 0.15) is 15.3 Å². The number of hydrogen-bond donors (Lipinski definition) is 3. The Morgan fingerprint density at radius 1 is 1.37 bits per heavy atom. The molecule has 0 saturated heterocycles. The molecule has 11 heteroatoms. The molecule has 0 aromatic carbocycles. The fourth-order valence-electron chi connectivity index (χ4n) is 1.11. The van der Waals surface area contributed by atoms with Crippen LogP contribution in [0.4, 0.5) is 0 Å². The van der Waals surface area contributed by atoms with E-state index in [2.05, 4.69) is 0 Å². The predicted octanol–water partition coefficient (Wildman–Crippen LogP) is 1.26. The van der Waals surface area contributed by atoms with E-state index in [0.29, 0.717) is 0 Å². The van der Waals surface area contributed by atoms with Gasteiger partial charge in [-0.2, -0.15) is 4.72 Å². The van der Waals surface area contributed by atoms with Crippen molar-refractivity contribution in [3.05, 3.63) is 14.7 Å². The average molecular weight is 348 g/mol. The largest absolute Gasteiger partial charge is 0.481 e. The Bertz CT molecular complexity index is 611. The van der Waals surface area contributed by atoms with Crippen LogP contribution in [0.2, 0.25) is 8.67 Å². The zero-order valence-corrected chi connectivity index (χ0v) is 12.1. The number of hydrogen-bond acceptors (Lipinski definition) is 5. The molecular weight excluding hydrogens is 341 g/mol. The summed E-state index contributed by atoms with van der Waals surface area (Å²) in [4.78, 5) is 20.9. The summed E-state index contributed by atoms with van der Waals surface area (Å²) < 4.78 is 25.4. The molecule has 0 bridgehead atoms. The number of sulfonamides is 1. The summed E-state index contributed by atoms with van der Waals surface area (Å²) in [6.45, 7) is 0. The molecule has 0 radical (unpaired) electrons. The van der Waals surface area contributed by atoms with Crippen molar-refractivity contribution in [1.82, 2.24) is 4.72 Å². The lowest BCUT2D eigenvalue weighted by Gasteiger charge is -2.12. The number of thiophene rings is 1. The highest BCUT2D eigenvalue weighted by Crippen LogP contribution is 2.34. The van der Waals surface area contributed by atoms with Crippen molar-refractivity contribution in [2.75, 3.05) is 0 Å². The molecule has 0 saturated carbocycles. The number of rotatable bonds is 6. The smallest absolute Gasteiger partial charge is 0.322 e. The Labute approximate surface area is 121 Å². The van der Waals surface area contributed by atoms with Gasteiger partial charge in [0, 0.05) is 0 Å². The number of carboxylic acid groups (broad SMARTS) is 2. The van der Waals surface area contributed by atoms with Crippen LogP contribution in [0.1, 0.15) is 6.42 Å². The van der Waals surface area contributed by atoms with Gasteiger partial charge in [-0.15, -0.1) is 11.3 Å². The lowest BCUT2D eigenvalue weighted by molar-refractivity contribution is -0.145. The molecule has 0 aliphatic rings. The second-order valence-corrected chi connectivity index (χ2v) is 7.27. The third kappa shape index (κ3) is 4.32. The van der Waals surface area contributed by atoms with Gasteiger partial charge >= 0.3 is 11.9 Å². The summed E-state index contributed by atoms with van der Waals surface area (Å²) in [6, 6.07) is -0.742. The van der Waals surface area contributed by atoms with Crippen LogP contribution >= 0.6 is 34.5 Å². The van der Waals surface area contributed by atoms with Gasteiger partial charge in [-0.1, -0.05) is 23.2 Å². The summed E-state index contributed by atoms with van der Waals surface area (Å²) in [5, 5.41) is 17.3. The maximum Gasteiger partial charge on any atom is 0.322 e. The van der Waals surface area contributed by atoms with Crippen LogP contribution in [0.25, 0.3) is 0 Å². The van der Waals surface area contributed by atoms with Gasteiger partial charge in [0.25, 0.3) is 0 Å². The number of halogens is 2. The normalized spacial score (nSPS) is 13.2. The molecule has 0 spiro atoms. The lowest BCUT2D eigenvalue weighted by Crippen LogP contribution is -2.42. The first-order valence-corrected chi connectivity index (χ1v) is 7.61. The summed E-state index contributed by atoms with van der Waals surface area (Å²) in [5.41, 5.74) is 0. The lowest BCUT2D eigenvalue weighted by atomic mass is 10.2. The van der Waals surface area contributed by atoms with Gasteiger partial charge in [0.05, 0.1) is 10.8 Å². The van der Waals surface area contributed by atoms with Crippen LogP contribution in [0.5, 0.6) is 0 Å². The molecular formula is C8H7Cl2NO6S2. The van der Waals surface area contributed by atoms with E-state index in [0.717, 1.165) is 17.4 Å². The molecule has 1 aromatic heterocycles. The van der Waals surface area contributed by atoms with Crippen molar-refractivity contribution < 1.29 is 28.2 Å². The van der Waals surface area contributed by atoms with Gasteiger partial charge in [-0.05, 0) is 6.07 Å².